The van der Waals surface area contributed by atoms with Gasteiger partial charge in [0.1, 0.15) is 6.10 Å². The maximum absolute atomic E-state index is 6.23. The number of methoxy groups -OCH3 is 1. The molecule has 2 fully saturated rings. The number of rotatable bonds is 4. The van der Waals surface area contributed by atoms with Crippen molar-refractivity contribution >= 4 is 15.9 Å². The zero-order valence-electron chi connectivity index (χ0n) is 12.3. The smallest absolute Gasteiger partial charge is 0.161 e. The maximum Gasteiger partial charge on any atom is 0.161 e. The molecule has 3 rings (SSSR count). The van der Waals surface area contributed by atoms with Crippen molar-refractivity contribution in [3.63, 3.8) is 0 Å². The largest absolute Gasteiger partial charge is 0.493 e. The van der Waals surface area contributed by atoms with Crippen LogP contribution < -0.4 is 9.47 Å². The van der Waals surface area contributed by atoms with Crippen LogP contribution in [0.25, 0.3) is 0 Å². The predicted octanol–water partition coefficient (Wildman–Crippen LogP) is 3.31. The van der Waals surface area contributed by atoms with E-state index in [0.717, 1.165) is 49.3 Å². The lowest BCUT2D eigenvalue weighted by molar-refractivity contribution is -0.112. The summed E-state index contributed by atoms with van der Waals surface area (Å²) in [4.78, 5) is 0. The van der Waals surface area contributed by atoms with E-state index in [2.05, 4.69) is 15.9 Å². The van der Waals surface area contributed by atoms with Crippen LogP contribution in [0.1, 0.15) is 24.8 Å². The first-order valence-electron chi connectivity index (χ1n) is 7.36. The van der Waals surface area contributed by atoms with Crippen molar-refractivity contribution in [1.29, 1.82) is 0 Å². The summed E-state index contributed by atoms with van der Waals surface area (Å²) in [6.45, 7) is 2.20. The van der Waals surface area contributed by atoms with Crippen LogP contribution in [0.15, 0.2) is 18.2 Å². The summed E-state index contributed by atoms with van der Waals surface area (Å²) in [7, 11) is 1.67. The molecule has 4 nitrogen and oxygen atoms in total. The second kappa shape index (κ2) is 6.55. The zero-order chi connectivity index (χ0) is 14.7. The molecule has 2 heterocycles. The lowest BCUT2D eigenvalue weighted by atomic mass is 9.91. The number of hydrogen-bond donors (Lipinski definition) is 0. The highest BCUT2D eigenvalue weighted by Crippen LogP contribution is 2.37. The molecular formula is C16H21BrO4. The zero-order valence-corrected chi connectivity index (χ0v) is 13.9. The van der Waals surface area contributed by atoms with Crippen molar-refractivity contribution in [2.45, 2.75) is 36.3 Å². The molecule has 2 atom stereocenters. The Morgan fingerprint density at radius 1 is 1.33 bits per heavy atom. The first-order chi connectivity index (χ1) is 10.2. The molecule has 0 bridgehead atoms. The molecule has 2 aliphatic rings. The van der Waals surface area contributed by atoms with Crippen molar-refractivity contribution in [1.82, 2.24) is 0 Å². The molecule has 21 heavy (non-hydrogen) atoms. The van der Waals surface area contributed by atoms with Crippen molar-refractivity contribution in [2.24, 2.45) is 0 Å². The second-order valence-electron chi connectivity index (χ2n) is 5.69. The Balaban J connectivity index is 1.73. The molecule has 0 N–H and O–H groups in total. The molecule has 116 valence electrons. The Morgan fingerprint density at radius 3 is 2.95 bits per heavy atom. The van der Waals surface area contributed by atoms with Gasteiger partial charge in [-0.1, -0.05) is 22.0 Å². The molecule has 2 unspecified atom stereocenters. The Kier molecular flexibility index (Phi) is 4.72. The number of alkyl halides is 1. The Labute approximate surface area is 133 Å². The fourth-order valence-corrected chi connectivity index (χ4v) is 3.37. The highest BCUT2D eigenvalue weighted by molar-refractivity contribution is 9.08. The highest BCUT2D eigenvalue weighted by Gasteiger charge is 2.42. The third-order valence-electron chi connectivity index (χ3n) is 4.19. The van der Waals surface area contributed by atoms with Gasteiger partial charge in [0.25, 0.3) is 0 Å². The first kappa shape index (κ1) is 15.1. The molecule has 2 saturated heterocycles. The summed E-state index contributed by atoms with van der Waals surface area (Å²) >= 11 is 3.48. The van der Waals surface area contributed by atoms with Crippen molar-refractivity contribution in [3.05, 3.63) is 23.8 Å². The topological polar surface area (TPSA) is 36.9 Å². The fraction of sp³-hybridized carbons (Fsp3) is 0.625. The van der Waals surface area contributed by atoms with Gasteiger partial charge >= 0.3 is 0 Å². The van der Waals surface area contributed by atoms with Gasteiger partial charge in [0.2, 0.25) is 0 Å². The maximum atomic E-state index is 6.23. The van der Waals surface area contributed by atoms with E-state index in [1.54, 1.807) is 7.11 Å². The average molecular weight is 357 g/mol. The van der Waals surface area contributed by atoms with E-state index in [9.17, 15) is 0 Å². The van der Waals surface area contributed by atoms with Crippen molar-refractivity contribution in [3.8, 4) is 11.5 Å². The summed E-state index contributed by atoms with van der Waals surface area (Å²) in [6, 6.07) is 6.04. The van der Waals surface area contributed by atoms with E-state index in [1.165, 1.54) is 5.56 Å². The molecule has 0 saturated carbocycles. The van der Waals surface area contributed by atoms with Gasteiger partial charge in [0, 0.05) is 31.2 Å². The monoisotopic (exact) mass is 356 g/mol. The van der Waals surface area contributed by atoms with Gasteiger partial charge in [-0.25, -0.2) is 0 Å². The Morgan fingerprint density at radius 2 is 2.24 bits per heavy atom. The summed E-state index contributed by atoms with van der Waals surface area (Å²) in [6.07, 6.45) is 2.91. The van der Waals surface area contributed by atoms with E-state index in [1.807, 2.05) is 18.2 Å². The minimum Gasteiger partial charge on any atom is -0.493 e. The summed E-state index contributed by atoms with van der Waals surface area (Å²) < 4.78 is 23.1. The van der Waals surface area contributed by atoms with E-state index < -0.39 is 0 Å². The standard InChI is InChI=1S/C16H21BrO4/c1-18-14-3-2-12(10-17)8-15(14)21-13-4-6-20-16(9-13)5-7-19-11-16/h2-3,8,13H,4-7,9-11H2,1H3. The van der Waals surface area contributed by atoms with E-state index >= 15 is 0 Å². The number of halogens is 1. The van der Waals surface area contributed by atoms with Crippen LogP contribution in [0.4, 0.5) is 0 Å². The minimum atomic E-state index is -0.136. The predicted molar refractivity (Wildman–Crippen MR) is 83.4 cm³/mol. The molecule has 5 heteroatoms. The molecule has 1 aromatic carbocycles. The second-order valence-corrected chi connectivity index (χ2v) is 6.25. The molecular weight excluding hydrogens is 336 g/mol. The van der Waals surface area contributed by atoms with Crippen LogP contribution in [0.3, 0.4) is 0 Å². The molecule has 0 amide bonds. The quantitative estimate of drug-likeness (QED) is 0.775. The fourth-order valence-electron chi connectivity index (χ4n) is 3.02. The molecule has 0 radical (unpaired) electrons. The lowest BCUT2D eigenvalue weighted by Gasteiger charge is -2.37. The number of ether oxygens (including phenoxy) is 4. The van der Waals surface area contributed by atoms with E-state index in [0.29, 0.717) is 6.61 Å². The number of benzene rings is 1. The van der Waals surface area contributed by atoms with Crippen molar-refractivity contribution < 1.29 is 18.9 Å². The van der Waals surface area contributed by atoms with Gasteiger partial charge < -0.3 is 18.9 Å². The summed E-state index contributed by atoms with van der Waals surface area (Å²) in [5.74, 6) is 1.60. The molecule has 0 aliphatic carbocycles. The van der Waals surface area contributed by atoms with Crippen LogP contribution in [0.2, 0.25) is 0 Å². The Hall–Kier alpha value is -0.780. The SMILES string of the molecule is COc1ccc(CBr)cc1OC1CCOC2(CCOC2)C1. The molecule has 0 aromatic heterocycles. The van der Waals surface area contributed by atoms with Crippen LogP contribution in [-0.4, -0.2) is 38.6 Å². The van der Waals surface area contributed by atoms with Gasteiger partial charge in [0.15, 0.2) is 11.5 Å². The van der Waals surface area contributed by atoms with Gasteiger partial charge in [-0.2, -0.15) is 0 Å². The van der Waals surface area contributed by atoms with Gasteiger partial charge in [-0.05, 0) is 17.7 Å². The van der Waals surface area contributed by atoms with E-state index in [-0.39, 0.29) is 11.7 Å². The van der Waals surface area contributed by atoms with Gasteiger partial charge in [-0.15, -0.1) is 0 Å². The van der Waals surface area contributed by atoms with Crippen LogP contribution in [0, 0.1) is 0 Å². The van der Waals surface area contributed by atoms with Crippen LogP contribution in [-0.2, 0) is 14.8 Å². The summed E-state index contributed by atoms with van der Waals surface area (Å²) in [5, 5.41) is 0.804. The first-order valence-corrected chi connectivity index (χ1v) is 8.48. The third kappa shape index (κ3) is 3.35. The highest BCUT2D eigenvalue weighted by atomic mass is 79.9. The normalized spacial score (nSPS) is 28.8. The van der Waals surface area contributed by atoms with E-state index in [4.69, 9.17) is 18.9 Å². The van der Waals surface area contributed by atoms with Crippen LogP contribution in [0.5, 0.6) is 11.5 Å². The van der Waals surface area contributed by atoms with Gasteiger partial charge in [0.05, 0.1) is 25.9 Å². The minimum absolute atomic E-state index is 0.136. The summed E-state index contributed by atoms with van der Waals surface area (Å²) in [5.41, 5.74) is 1.04. The van der Waals surface area contributed by atoms with Crippen molar-refractivity contribution in [2.75, 3.05) is 26.9 Å². The third-order valence-corrected chi connectivity index (χ3v) is 4.84. The van der Waals surface area contributed by atoms with Gasteiger partial charge in [-0.3, -0.25) is 0 Å². The lowest BCUT2D eigenvalue weighted by Crippen LogP contribution is -2.44. The van der Waals surface area contributed by atoms with Crippen LogP contribution >= 0.6 is 15.9 Å². The number of hydrogen-bond acceptors (Lipinski definition) is 4. The molecule has 1 aromatic rings. The Bertz CT molecular complexity index is 485. The molecule has 1 spiro atoms. The average Bonchev–Trinajstić information content (AvgIpc) is 2.95. The molecule has 2 aliphatic heterocycles.